The summed E-state index contributed by atoms with van der Waals surface area (Å²) in [6, 6.07) is 7.66. The van der Waals surface area contributed by atoms with Gasteiger partial charge in [-0.05, 0) is 63.7 Å². The Kier molecular flexibility index (Phi) is 9.81. The molecule has 1 heterocycles. The van der Waals surface area contributed by atoms with Crippen molar-refractivity contribution in [2.24, 2.45) is 5.92 Å². The molecule has 2 aliphatic rings. The van der Waals surface area contributed by atoms with Gasteiger partial charge in [0, 0.05) is 12.5 Å². The van der Waals surface area contributed by atoms with Crippen LogP contribution in [0.2, 0.25) is 0 Å². The number of anilines is 1. The summed E-state index contributed by atoms with van der Waals surface area (Å²) in [5, 5.41) is 2.93. The molecule has 5 nitrogen and oxygen atoms in total. The molecule has 0 spiro atoms. The zero-order valence-electron chi connectivity index (χ0n) is 18.7. The van der Waals surface area contributed by atoms with Crippen LogP contribution in [0.4, 0.5) is 10.5 Å². The van der Waals surface area contributed by atoms with E-state index in [-0.39, 0.29) is 12.2 Å². The third-order valence-electron chi connectivity index (χ3n) is 6.42. The number of rotatable bonds is 11. The van der Waals surface area contributed by atoms with Crippen molar-refractivity contribution in [1.82, 2.24) is 4.90 Å². The van der Waals surface area contributed by atoms with Gasteiger partial charge < -0.3 is 14.4 Å². The lowest BCUT2D eigenvalue weighted by molar-refractivity contribution is 0.0327. The molecule has 2 atom stereocenters. The van der Waals surface area contributed by atoms with Crippen molar-refractivity contribution in [1.29, 1.82) is 0 Å². The Morgan fingerprint density at radius 3 is 2.63 bits per heavy atom. The molecule has 1 N–H and O–H groups in total. The minimum atomic E-state index is -0.354. The Hall–Kier alpha value is -1.75. The average molecular weight is 417 g/mol. The van der Waals surface area contributed by atoms with Gasteiger partial charge in [-0.3, -0.25) is 5.32 Å². The van der Waals surface area contributed by atoms with Crippen molar-refractivity contribution in [3.8, 4) is 5.75 Å². The van der Waals surface area contributed by atoms with Crippen LogP contribution in [-0.2, 0) is 4.74 Å². The lowest BCUT2D eigenvalue weighted by atomic mass is 9.86. The Bertz CT molecular complexity index is 631. The summed E-state index contributed by atoms with van der Waals surface area (Å²) in [5.74, 6) is 1.18. The van der Waals surface area contributed by atoms with E-state index in [2.05, 4.69) is 17.1 Å². The Morgan fingerprint density at radius 1 is 1.03 bits per heavy atom. The van der Waals surface area contributed by atoms with Gasteiger partial charge in [-0.2, -0.15) is 0 Å². The highest BCUT2D eigenvalue weighted by Crippen LogP contribution is 2.30. The highest BCUT2D eigenvalue weighted by molar-refractivity contribution is 5.86. The van der Waals surface area contributed by atoms with Crippen molar-refractivity contribution in [2.75, 3.05) is 31.6 Å². The largest absolute Gasteiger partial charge is 0.491 e. The fraction of sp³-hybridized carbons (Fsp3) is 0.720. The van der Waals surface area contributed by atoms with Crippen molar-refractivity contribution >= 4 is 11.8 Å². The number of unbranched alkanes of at least 4 members (excludes halogenated alkanes) is 4. The number of nitrogens with one attached hydrogen (secondary N) is 1. The molecule has 0 radical (unpaired) electrons. The van der Waals surface area contributed by atoms with E-state index in [0.717, 1.165) is 38.0 Å². The van der Waals surface area contributed by atoms with E-state index in [4.69, 9.17) is 9.47 Å². The summed E-state index contributed by atoms with van der Waals surface area (Å²) in [6.07, 6.45) is 12.8. The lowest BCUT2D eigenvalue weighted by Crippen LogP contribution is -2.38. The molecule has 168 valence electrons. The van der Waals surface area contributed by atoms with Gasteiger partial charge in [0.2, 0.25) is 0 Å². The molecule has 1 saturated heterocycles. The molecular weight excluding hydrogens is 376 g/mol. The van der Waals surface area contributed by atoms with E-state index in [1.165, 1.54) is 58.0 Å². The molecule has 3 rings (SSSR count). The van der Waals surface area contributed by atoms with E-state index < -0.39 is 0 Å². The summed E-state index contributed by atoms with van der Waals surface area (Å²) < 4.78 is 11.9. The number of hydrogen-bond donors (Lipinski definition) is 1. The molecule has 5 heteroatoms. The zero-order valence-corrected chi connectivity index (χ0v) is 18.7. The van der Waals surface area contributed by atoms with Crippen LogP contribution in [0.15, 0.2) is 24.3 Å². The normalized spacial score (nSPS) is 22.0. The molecule has 30 heavy (non-hydrogen) atoms. The Balaban J connectivity index is 1.47. The SMILES string of the molecule is CCCCCCCOc1ccccc1NC(=O)O[C@@H]1CCCC[C@H]1CN1CCCC1. The standard InChI is InChI=1S/C25H40N2O3/c1-2-3-4-5-12-19-29-24-16-9-7-14-22(24)26-25(28)30-23-15-8-6-13-21(23)20-27-17-10-11-18-27/h7,9,14,16,21,23H,2-6,8,10-13,15,17-20H2,1H3,(H,26,28)/t21-,23+/m0/s1. The number of hydrogen-bond acceptors (Lipinski definition) is 4. The topological polar surface area (TPSA) is 50.8 Å². The van der Waals surface area contributed by atoms with Crippen LogP contribution in [0.3, 0.4) is 0 Å². The smallest absolute Gasteiger partial charge is 0.412 e. The molecule has 1 aromatic carbocycles. The first-order valence-corrected chi connectivity index (χ1v) is 12.2. The van der Waals surface area contributed by atoms with Crippen LogP contribution in [0.25, 0.3) is 0 Å². The van der Waals surface area contributed by atoms with Crippen molar-refractivity contribution in [2.45, 2.75) is 83.7 Å². The number of amides is 1. The maximum Gasteiger partial charge on any atom is 0.412 e. The highest BCUT2D eigenvalue weighted by atomic mass is 16.6. The first kappa shape index (κ1) is 22.9. The molecule has 1 aliphatic heterocycles. The lowest BCUT2D eigenvalue weighted by Gasteiger charge is -2.33. The molecule has 0 aromatic heterocycles. The van der Waals surface area contributed by atoms with E-state index >= 15 is 0 Å². The van der Waals surface area contributed by atoms with Crippen LogP contribution in [0.5, 0.6) is 5.75 Å². The van der Waals surface area contributed by atoms with Gasteiger partial charge in [-0.15, -0.1) is 0 Å². The van der Waals surface area contributed by atoms with Crippen molar-refractivity contribution in [3.05, 3.63) is 24.3 Å². The fourth-order valence-corrected chi connectivity index (χ4v) is 4.69. The summed E-state index contributed by atoms with van der Waals surface area (Å²) in [7, 11) is 0. The van der Waals surface area contributed by atoms with Crippen LogP contribution in [0, 0.1) is 5.92 Å². The minimum Gasteiger partial charge on any atom is -0.491 e. The fourth-order valence-electron chi connectivity index (χ4n) is 4.69. The molecule has 0 bridgehead atoms. The molecule has 1 amide bonds. The first-order valence-electron chi connectivity index (χ1n) is 12.2. The third kappa shape index (κ3) is 7.50. The van der Waals surface area contributed by atoms with Crippen molar-refractivity contribution < 1.29 is 14.3 Å². The molecule has 1 saturated carbocycles. The summed E-state index contributed by atoms with van der Waals surface area (Å²) in [5.41, 5.74) is 0.697. The Labute approximate surface area is 182 Å². The summed E-state index contributed by atoms with van der Waals surface area (Å²) in [4.78, 5) is 15.2. The Morgan fingerprint density at radius 2 is 1.80 bits per heavy atom. The second kappa shape index (κ2) is 12.8. The van der Waals surface area contributed by atoms with Gasteiger partial charge in [0.1, 0.15) is 11.9 Å². The monoisotopic (exact) mass is 416 g/mol. The third-order valence-corrected chi connectivity index (χ3v) is 6.42. The van der Waals surface area contributed by atoms with Gasteiger partial charge in [0.25, 0.3) is 0 Å². The molecule has 0 unspecified atom stereocenters. The number of nitrogens with zero attached hydrogens (tertiary/aromatic N) is 1. The van der Waals surface area contributed by atoms with E-state index in [1.807, 2.05) is 24.3 Å². The van der Waals surface area contributed by atoms with Gasteiger partial charge >= 0.3 is 6.09 Å². The van der Waals surface area contributed by atoms with Gasteiger partial charge in [0.05, 0.1) is 12.3 Å². The molecule has 1 aliphatic carbocycles. The van der Waals surface area contributed by atoms with Gasteiger partial charge in [-0.25, -0.2) is 4.79 Å². The predicted octanol–water partition coefficient (Wildman–Crippen LogP) is 6.24. The van der Waals surface area contributed by atoms with Crippen LogP contribution >= 0.6 is 0 Å². The average Bonchev–Trinajstić information content (AvgIpc) is 3.26. The van der Waals surface area contributed by atoms with E-state index in [0.29, 0.717) is 18.2 Å². The molecular formula is C25H40N2O3. The van der Waals surface area contributed by atoms with Crippen molar-refractivity contribution in [3.63, 3.8) is 0 Å². The second-order valence-electron chi connectivity index (χ2n) is 8.88. The van der Waals surface area contributed by atoms with Crippen LogP contribution < -0.4 is 10.1 Å². The summed E-state index contributed by atoms with van der Waals surface area (Å²) >= 11 is 0. The van der Waals surface area contributed by atoms with E-state index in [9.17, 15) is 4.79 Å². The number of ether oxygens (including phenoxy) is 2. The molecule has 2 fully saturated rings. The maximum atomic E-state index is 12.7. The number of carbonyl (C=O) groups is 1. The highest BCUT2D eigenvalue weighted by Gasteiger charge is 2.30. The second-order valence-corrected chi connectivity index (χ2v) is 8.88. The quantitative estimate of drug-likeness (QED) is 0.434. The number of likely N-dealkylation sites (tertiary alicyclic amines) is 1. The zero-order chi connectivity index (χ0) is 21.0. The number of benzene rings is 1. The minimum absolute atomic E-state index is 0.0194. The summed E-state index contributed by atoms with van der Waals surface area (Å²) in [6.45, 7) is 6.35. The molecule has 1 aromatic rings. The van der Waals surface area contributed by atoms with Crippen LogP contribution in [-0.4, -0.2) is 43.3 Å². The number of para-hydroxylation sites is 2. The number of carbonyl (C=O) groups excluding carboxylic acids is 1. The van der Waals surface area contributed by atoms with Gasteiger partial charge in [-0.1, -0.05) is 51.2 Å². The first-order chi connectivity index (χ1) is 14.8. The van der Waals surface area contributed by atoms with Gasteiger partial charge in [0.15, 0.2) is 0 Å². The predicted molar refractivity (Wildman–Crippen MR) is 122 cm³/mol. The maximum absolute atomic E-state index is 12.7. The van der Waals surface area contributed by atoms with Crippen LogP contribution in [0.1, 0.15) is 77.6 Å². The van der Waals surface area contributed by atoms with E-state index in [1.54, 1.807) is 0 Å².